The van der Waals surface area contributed by atoms with Crippen LogP contribution in [0.2, 0.25) is 5.02 Å². The molecule has 0 spiro atoms. The standard InChI is InChI=1S/C26H28ClNO5S/c1-26(2,3)33-25(32)28(16-21(29)19-5-4-6-20(27)15-19)14-13-17-7-9-18(10-8-17)22-11-12-23(34-22)24(30)31/h4-12,15,21,29H,13-14,16H2,1-3H3,(H,30,31)/t21-/m0/s1. The Hall–Kier alpha value is -2.87. The first-order valence-corrected chi connectivity index (χ1v) is 12.0. The molecule has 6 nitrogen and oxygen atoms in total. The quantitative estimate of drug-likeness (QED) is 0.379. The van der Waals surface area contributed by atoms with E-state index in [-0.39, 0.29) is 6.54 Å². The number of carboxylic acids is 1. The number of halogens is 1. The van der Waals surface area contributed by atoms with Crippen LogP contribution >= 0.6 is 22.9 Å². The first-order valence-electron chi connectivity index (χ1n) is 10.9. The second-order valence-corrected chi connectivity index (χ2v) is 10.4. The molecule has 0 aliphatic heterocycles. The van der Waals surface area contributed by atoms with Crippen LogP contribution in [0.25, 0.3) is 10.4 Å². The minimum Gasteiger partial charge on any atom is -0.477 e. The number of rotatable bonds is 8. The van der Waals surface area contributed by atoms with Crippen LogP contribution in [0.1, 0.15) is 47.7 Å². The second-order valence-electron chi connectivity index (χ2n) is 8.91. The highest BCUT2D eigenvalue weighted by Gasteiger charge is 2.24. The summed E-state index contributed by atoms with van der Waals surface area (Å²) in [6, 6.07) is 18.1. The van der Waals surface area contributed by atoms with Gasteiger partial charge in [0.2, 0.25) is 0 Å². The van der Waals surface area contributed by atoms with E-state index in [1.165, 1.54) is 16.2 Å². The first-order chi connectivity index (χ1) is 16.0. The molecule has 3 rings (SSSR count). The van der Waals surface area contributed by atoms with E-state index in [2.05, 4.69) is 0 Å². The van der Waals surface area contributed by atoms with Gasteiger partial charge in [-0.25, -0.2) is 9.59 Å². The largest absolute Gasteiger partial charge is 0.477 e. The normalized spacial score (nSPS) is 12.3. The van der Waals surface area contributed by atoms with Crippen LogP contribution < -0.4 is 0 Å². The lowest BCUT2D eigenvalue weighted by Crippen LogP contribution is -2.40. The molecule has 0 aliphatic carbocycles. The Morgan fingerprint density at radius 1 is 1.09 bits per heavy atom. The van der Waals surface area contributed by atoms with Crippen molar-refractivity contribution in [3.05, 3.63) is 81.7 Å². The van der Waals surface area contributed by atoms with E-state index in [9.17, 15) is 14.7 Å². The molecule has 2 N–H and O–H groups in total. The first kappa shape index (κ1) is 25.7. The number of nitrogens with zero attached hydrogens (tertiary/aromatic N) is 1. The van der Waals surface area contributed by atoms with E-state index in [1.54, 1.807) is 57.2 Å². The fourth-order valence-electron chi connectivity index (χ4n) is 3.32. The molecule has 0 bridgehead atoms. The predicted molar refractivity (Wildman–Crippen MR) is 135 cm³/mol. The highest BCUT2D eigenvalue weighted by atomic mass is 35.5. The highest BCUT2D eigenvalue weighted by Crippen LogP contribution is 2.28. The summed E-state index contributed by atoms with van der Waals surface area (Å²) in [6.45, 7) is 5.83. The van der Waals surface area contributed by atoms with Crippen molar-refractivity contribution in [1.82, 2.24) is 4.90 Å². The summed E-state index contributed by atoms with van der Waals surface area (Å²) in [4.78, 5) is 26.6. The van der Waals surface area contributed by atoms with E-state index >= 15 is 0 Å². The summed E-state index contributed by atoms with van der Waals surface area (Å²) in [5.74, 6) is -0.935. The van der Waals surface area contributed by atoms with E-state index in [0.717, 1.165) is 16.0 Å². The number of aromatic carboxylic acids is 1. The number of hydrogen-bond acceptors (Lipinski definition) is 5. The second kappa shape index (κ2) is 11.0. The van der Waals surface area contributed by atoms with Crippen molar-refractivity contribution in [2.75, 3.05) is 13.1 Å². The summed E-state index contributed by atoms with van der Waals surface area (Å²) >= 11 is 7.27. The Labute approximate surface area is 208 Å². The molecule has 0 fully saturated rings. The molecule has 2 aromatic carbocycles. The van der Waals surface area contributed by atoms with Gasteiger partial charge in [-0.3, -0.25) is 0 Å². The number of carbonyl (C=O) groups excluding carboxylic acids is 1. The van der Waals surface area contributed by atoms with Gasteiger partial charge in [-0.15, -0.1) is 11.3 Å². The van der Waals surface area contributed by atoms with Crippen LogP contribution in [0.5, 0.6) is 0 Å². The molecule has 1 aromatic heterocycles. The molecule has 3 aromatic rings. The van der Waals surface area contributed by atoms with Crippen LogP contribution in [-0.2, 0) is 11.2 Å². The van der Waals surface area contributed by atoms with E-state index < -0.39 is 23.8 Å². The minimum absolute atomic E-state index is 0.0699. The SMILES string of the molecule is CC(C)(C)OC(=O)N(CCc1ccc(-c2ccc(C(=O)O)s2)cc1)C[C@H](O)c1cccc(Cl)c1. The third kappa shape index (κ3) is 7.32. The van der Waals surface area contributed by atoms with Gasteiger partial charge in [0.25, 0.3) is 0 Å². The summed E-state index contributed by atoms with van der Waals surface area (Å²) in [5.41, 5.74) is 1.90. The number of carbonyl (C=O) groups is 2. The zero-order valence-electron chi connectivity index (χ0n) is 19.3. The minimum atomic E-state index is -0.935. The van der Waals surface area contributed by atoms with Gasteiger partial charge in [0.1, 0.15) is 10.5 Å². The molecule has 8 heteroatoms. The van der Waals surface area contributed by atoms with Crippen LogP contribution in [0.15, 0.2) is 60.7 Å². The fraction of sp³-hybridized carbons (Fsp3) is 0.308. The third-order valence-corrected chi connectivity index (χ3v) is 6.36. The number of carboxylic acid groups (broad SMARTS) is 1. The highest BCUT2D eigenvalue weighted by molar-refractivity contribution is 7.17. The smallest absolute Gasteiger partial charge is 0.410 e. The monoisotopic (exact) mass is 501 g/mol. The Morgan fingerprint density at radius 3 is 2.38 bits per heavy atom. The Balaban J connectivity index is 1.70. The number of benzene rings is 2. The topological polar surface area (TPSA) is 87.1 Å². The zero-order valence-corrected chi connectivity index (χ0v) is 20.9. The molecule has 34 heavy (non-hydrogen) atoms. The van der Waals surface area contributed by atoms with Crippen molar-refractivity contribution in [3.8, 4) is 10.4 Å². The Morgan fingerprint density at radius 2 is 1.79 bits per heavy atom. The van der Waals surface area contributed by atoms with Gasteiger partial charge in [-0.2, -0.15) is 0 Å². The molecular formula is C26H28ClNO5S. The molecule has 180 valence electrons. The number of thiophene rings is 1. The lowest BCUT2D eigenvalue weighted by atomic mass is 10.1. The number of amides is 1. The van der Waals surface area contributed by atoms with Gasteiger partial charge in [0.15, 0.2) is 0 Å². The van der Waals surface area contributed by atoms with Gasteiger partial charge in [0, 0.05) is 16.4 Å². The van der Waals surface area contributed by atoms with Crippen molar-refractivity contribution >= 4 is 35.0 Å². The molecule has 0 radical (unpaired) electrons. The molecule has 0 saturated carbocycles. The fourth-order valence-corrected chi connectivity index (χ4v) is 4.37. The lowest BCUT2D eigenvalue weighted by molar-refractivity contribution is 0.0147. The van der Waals surface area contributed by atoms with E-state index in [4.69, 9.17) is 21.4 Å². The molecule has 1 atom stereocenters. The number of aliphatic hydroxyl groups is 1. The van der Waals surface area contributed by atoms with Gasteiger partial charge in [-0.05, 0) is 68.1 Å². The van der Waals surface area contributed by atoms with Gasteiger partial charge >= 0.3 is 12.1 Å². The van der Waals surface area contributed by atoms with E-state index in [1.807, 2.05) is 24.3 Å². The molecule has 1 amide bonds. The molecule has 0 unspecified atom stereocenters. The van der Waals surface area contributed by atoms with E-state index in [0.29, 0.717) is 28.4 Å². The van der Waals surface area contributed by atoms with Crippen molar-refractivity contribution in [1.29, 1.82) is 0 Å². The van der Waals surface area contributed by atoms with Gasteiger partial charge in [-0.1, -0.05) is 48.0 Å². The number of aliphatic hydroxyl groups excluding tert-OH is 1. The van der Waals surface area contributed by atoms with Crippen LogP contribution in [0, 0.1) is 0 Å². The third-order valence-electron chi connectivity index (χ3n) is 5.00. The van der Waals surface area contributed by atoms with Crippen LogP contribution in [0.4, 0.5) is 4.79 Å². The van der Waals surface area contributed by atoms with Crippen molar-refractivity contribution in [2.24, 2.45) is 0 Å². The van der Waals surface area contributed by atoms with Crippen LogP contribution in [-0.4, -0.2) is 45.9 Å². The number of ether oxygens (including phenoxy) is 1. The van der Waals surface area contributed by atoms with Gasteiger partial charge in [0.05, 0.1) is 12.6 Å². The van der Waals surface area contributed by atoms with Gasteiger partial charge < -0.3 is 19.8 Å². The average Bonchev–Trinajstić information content (AvgIpc) is 3.26. The Bertz CT molecular complexity index is 1140. The zero-order chi connectivity index (χ0) is 24.9. The van der Waals surface area contributed by atoms with Crippen molar-refractivity contribution in [2.45, 2.75) is 38.9 Å². The summed E-state index contributed by atoms with van der Waals surface area (Å²) in [5, 5.41) is 20.3. The molecular weight excluding hydrogens is 474 g/mol. The van der Waals surface area contributed by atoms with Crippen molar-refractivity contribution in [3.63, 3.8) is 0 Å². The molecule has 0 aliphatic rings. The van der Waals surface area contributed by atoms with Crippen molar-refractivity contribution < 1.29 is 24.5 Å². The summed E-state index contributed by atoms with van der Waals surface area (Å²) < 4.78 is 5.55. The summed E-state index contributed by atoms with van der Waals surface area (Å²) in [7, 11) is 0. The number of hydrogen-bond donors (Lipinski definition) is 2. The molecule has 1 heterocycles. The maximum Gasteiger partial charge on any atom is 0.410 e. The average molecular weight is 502 g/mol. The lowest BCUT2D eigenvalue weighted by Gasteiger charge is -2.29. The Kier molecular flexibility index (Phi) is 8.36. The maximum absolute atomic E-state index is 12.8. The molecule has 0 saturated heterocycles. The van der Waals surface area contributed by atoms with Crippen LogP contribution in [0.3, 0.4) is 0 Å². The maximum atomic E-state index is 12.8. The predicted octanol–water partition coefficient (Wildman–Crippen LogP) is 6.28. The summed E-state index contributed by atoms with van der Waals surface area (Å²) in [6.07, 6.45) is -0.840.